The number of nitrogens with one attached hydrogen (secondary N) is 3. The number of halogens is 1. The molecule has 1 heterocycles. The van der Waals surface area contributed by atoms with Crippen LogP contribution >= 0.6 is 11.6 Å². The molecule has 1 aromatic carbocycles. The van der Waals surface area contributed by atoms with E-state index in [1.54, 1.807) is 12.1 Å². The van der Waals surface area contributed by atoms with Crippen LogP contribution in [0.15, 0.2) is 24.3 Å². The van der Waals surface area contributed by atoms with Gasteiger partial charge in [0.1, 0.15) is 0 Å². The molecule has 1 aliphatic carbocycles. The third-order valence-corrected chi connectivity index (χ3v) is 4.06. The fraction of sp³-hybridized carbons (Fsp3) is 0.400. The smallest absolute Gasteiger partial charge is 0.275 e. The largest absolute Gasteiger partial charge is 0.348 e. The summed E-state index contributed by atoms with van der Waals surface area (Å²) in [5.74, 6) is 0.216. The van der Waals surface area contributed by atoms with Crippen molar-refractivity contribution in [3.63, 3.8) is 0 Å². The van der Waals surface area contributed by atoms with E-state index in [4.69, 9.17) is 11.6 Å². The number of aromatic amines is 1. The van der Waals surface area contributed by atoms with Crippen LogP contribution in [0.1, 0.15) is 42.6 Å². The summed E-state index contributed by atoms with van der Waals surface area (Å²) in [6.45, 7) is 0. The van der Waals surface area contributed by atoms with Crippen LogP contribution in [-0.4, -0.2) is 27.4 Å². The number of amides is 1. The molecule has 1 aromatic heterocycles. The van der Waals surface area contributed by atoms with Gasteiger partial charge in [0, 0.05) is 16.8 Å². The van der Waals surface area contributed by atoms with Crippen molar-refractivity contribution < 1.29 is 4.79 Å². The van der Waals surface area contributed by atoms with Gasteiger partial charge in [0.25, 0.3) is 5.91 Å². The molecule has 0 spiro atoms. The third kappa shape index (κ3) is 3.57. The molecule has 0 saturated heterocycles. The fourth-order valence-electron chi connectivity index (χ4n) is 2.65. The lowest BCUT2D eigenvalue weighted by atomic mass is 9.95. The Bertz CT molecular complexity index is 634. The number of nitrogens with zero attached hydrogens (tertiary/aromatic N) is 2. The molecule has 1 fully saturated rings. The Balaban J connectivity index is 1.68. The highest BCUT2D eigenvalue weighted by Gasteiger charge is 2.21. The third-order valence-electron chi connectivity index (χ3n) is 3.81. The number of aromatic nitrogens is 3. The van der Waals surface area contributed by atoms with Gasteiger partial charge in [0.2, 0.25) is 0 Å². The van der Waals surface area contributed by atoms with Gasteiger partial charge < -0.3 is 10.6 Å². The van der Waals surface area contributed by atoms with Crippen LogP contribution in [0, 0.1) is 0 Å². The molecule has 3 rings (SSSR count). The molecule has 0 radical (unpaired) electrons. The maximum Gasteiger partial charge on any atom is 0.275 e. The number of hydrogen-bond acceptors (Lipinski definition) is 4. The molecule has 22 heavy (non-hydrogen) atoms. The second-order valence-electron chi connectivity index (χ2n) is 5.46. The number of carbonyl (C=O) groups is 1. The Labute approximate surface area is 133 Å². The summed E-state index contributed by atoms with van der Waals surface area (Å²) in [5.41, 5.74) is 1.07. The van der Waals surface area contributed by atoms with Crippen LogP contribution in [0.4, 0.5) is 11.5 Å². The number of carbonyl (C=O) groups excluding carboxylic acids is 1. The molecule has 0 bridgehead atoms. The summed E-state index contributed by atoms with van der Waals surface area (Å²) < 4.78 is 0. The second-order valence-corrected chi connectivity index (χ2v) is 5.90. The predicted molar refractivity (Wildman–Crippen MR) is 85.5 cm³/mol. The molecule has 2 aromatic rings. The summed E-state index contributed by atoms with van der Waals surface area (Å²) >= 11 is 5.86. The normalized spacial score (nSPS) is 15.5. The van der Waals surface area contributed by atoms with Crippen molar-refractivity contribution in [1.29, 1.82) is 0 Å². The quantitative estimate of drug-likeness (QED) is 0.807. The zero-order valence-electron chi connectivity index (χ0n) is 12.1. The van der Waals surface area contributed by atoms with Crippen LogP contribution < -0.4 is 10.6 Å². The Kier molecular flexibility index (Phi) is 4.58. The standard InChI is InChI=1S/C15H18ClN5O/c16-10-6-8-12(9-7-10)17-14-13(19-21-20-14)15(22)18-11-4-2-1-3-5-11/h6-9,11H,1-5H2,(H,18,22)(H2,17,19,20,21). The Morgan fingerprint density at radius 3 is 2.59 bits per heavy atom. The van der Waals surface area contributed by atoms with E-state index in [0.29, 0.717) is 10.8 Å². The Morgan fingerprint density at radius 2 is 1.86 bits per heavy atom. The SMILES string of the molecule is O=C(NC1CCCCC1)c1n[nH]nc1Nc1ccc(Cl)cc1. The lowest BCUT2D eigenvalue weighted by Gasteiger charge is -2.22. The highest BCUT2D eigenvalue weighted by Crippen LogP contribution is 2.21. The maximum atomic E-state index is 12.3. The van der Waals surface area contributed by atoms with E-state index < -0.39 is 0 Å². The van der Waals surface area contributed by atoms with Gasteiger partial charge in [-0.2, -0.15) is 5.21 Å². The molecule has 0 atom stereocenters. The summed E-state index contributed by atoms with van der Waals surface area (Å²) in [4.78, 5) is 12.3. The molecule has 1 amide bonds. The van der Waals surface area contributed by atoms with Crippen LogP contribution in [0.3, 0.4) is 0 Å². The second kappa shape index (κ2) is 6.79. The summed E-state index contributed by atoms with van der Waals surface area (Å²) in [6, 6.07) is 7.42. The zero-order valence-corrected chi connectivity index (χ0v) is 12.9. The van der Waals surface area contributed by atoms with E-state index in [9.17, 15) is 4.79 Å². The van der Waals surface area contributed by atoms with Crippen LogP contribution in [-0.2, 0) is 0 Å². The van der Waals surface area contributed by atoms with Crippen molar-refractivity contribution in [2.75, 3.05) is 5.32 Å². The number of rotatable bonds is 4. The van der Waals surface area contributed by atoms with E-state index in [1.807, 2.05) is 12.1 Å². The molecule has 1 aliphatic rings. The first-order chi connectivity index (χ1) is 10.7. The van der Waals surface area contributed by atoms with Crippen LogP contribution in [0.5, 0.6) is 0 Å². The van der Waals surface area contributed by atoms with Crippen molar-refractivity contribution in [2.24, 2.45) is 0 Å². The average Bonchev–Trinajstić information content (AvgIpc) is 2.99. The lowest BCUT2D eigenvalue weighted by molar-refractivity contribution is 0.0923. The van der Waals surface area contributed by atoms with Crippen molar-refractivity contribution in [1.82, 2.24) is 20.7 Å². The summed E-state index contributed by atoms with van der Waals surface area (Å²) in [6.07, 6.45) is 5.64. The van der Waals surface area contributed by atoms with Gasteiger partial charge in [-0.3, -0.25) is 4.79 Å². The molecule has 1 saturated carbocycles. The Morgan fingerprint density at radius 1 is 1.14 bits per heavy atom. The predicted octanol–water partition coefficient (Wildman–Crippen LogP) is 3.26. The number of hydrogen-bond donors (Lipinski definition) is 3. The van der Waals surface area contributed by atoms with Gasteiger partial charge in [-0.25, -0.2) is 0 Å². The molecule has 0 aliphatic heterocycles. The minimum Gasteiger partial charge on any atom is -0.348 e. The van der Waals surface area contributed by atoms with E-state index in [2.05, 4.69) is 26.0 Å². The van der Waals surface area contributed by atoms with E-state index in [0.717, 1.165) is 18.5 Å². The molecule has 3 N–H and O–H groups in total. The number of H-pyrrole nitrogens is 1. The van der Waals surface area contributed by atoms with E-state index in [1.165, 1.54) is 19.3 Å². The average molecular weight is 320 g/mol. The van der Waals surface area contributed by atoms with Crippen molar-refractivity contribution in [3.05, 3.63) is 35.0 Å². The van der Waals surface area contributed by atoms with Gasteiger partial charge >= 0.3 is 0 Å². The number of anilines is 2. The molecular formula is C15H18ClN5O. The van der Waals surface area contributed by atoms with E-state index in [-0.39, 0.29) is 17.6 Å². The molecular weight excluding hydrogens is 302 g/mol. The first-order valence-electron chi connectivity index (χ1n) is 7.46. The molecule has 0 unspecified atom stereocenters. The minimum atomic E-state index is -0.197. The van der Waals surface area contributed by atoms with Gasteiger partial charge in [0.15, 0.2) is 11.5 Å². The number of benzene rings is 1. The zero-order chi connectivity index (χ0) is 15.4. The van der Waals surface area contributed by atoms with Gasteiger partial charge in [-0.1, -0.05) is 30.9 Å². The Hall–Kier alpha value is -2.08. The first-order valence-corrected chi connectivity index (χ1v) is 7.84. The van der Waals surface area contributed by atoms with Crippen molar-refractivity contribution >= 4 is 29.0 Å². The topological polar surface area (TPSA) is 82.7 Å². The van der Waals surface area contributed by atoms with Crippen LogP contribution in [0.2, 0.25) is 5.02 Å². The highest BCUT2D eigenvalue weighted by molar-refractivity contribution is 6.30. The van der Waals surface area contributed by atoms with Crippen molar-refractivity contribution in [2.45, 2.75) is 38.1 Å². The maximum absolute atomic E-state index is 12.3. The lowest BCUT2D eigenvalue weighted by Crippen LogP contribution is -2.36. The molecule has 116 valence electrons. The van der Waals surface area contributed by atoms with Gasteiger partial charge in [-0.05, 0) is 37.1 Å². The minimum absolute atomic E-state index is 0.197. The monoisotopic (exact) mass is 319 g/mol. The van der Waals surface area contributed by atoms with Gasteiger partial charge in [0.05, 0.1) is 0 Å². The van der Waals surface area contributed by atoms with Crippen molar-refractivity contribution in [3.8, 4) is 0 Å². The van der Waals surface area contributed by atoms with Crippen LogP contribution in [0.25, 0.3) is 0 Å². The molecule has 7 heteroatoms. The summed E-state index contributed by atoms with van der Waals surface area (Å²) in [7, 11) is 0. The fourth-order valence-corrected chi connectivity index (χ4v) is 2.77. The summed E-state index contributed by atoms with van der Waals surface area (Å²) in [5, 5.41) is 17.2. The van der Waals surface area contributed by atoms with Gasteiger partial charge in [-0.15, -0.1) is 10.2 Å². The van der Waals surface area contributed by atoms with E-state index >= 15 is 0 Å². The molecule has 6 nitrogen and oxygen atoms in total. The highest BCUT2D eigenvalue weighted by atomic mass is 35.5. The first kappa shape index (κ1) is 14.8.